The standard InChI is InChI=1S/C18H27FN2O/c1-14(13-17-3-5-18(19)6-4-17)20-10-7-16-8-11-21(12-9-16)15(2)22/h3-6,14,16,20H,7-13H2,1-2H3/t14-/m0/s1. The molecule has 1 aliphatic rings. The second kappa shape index (κ2) is 8.28. The van der Waals surface area contributed by atoms with Crippen LogP contribution in [-0.4, -0.2) is 36.5 Å². The lowest BCUT2D eigenvalue weighted by Gasteiger charge is -2.31. The maximum atomic E-state index is 12.9. The smallest absolute Gasteiger partial charge is 0.219 e. The van der Waals surface area contributed by atoms with Crippen LogP contribution in [0.3, 0.4) is 0 Å². The molecule has 1 heterocycles. The molecule has 1 aromatic rings. The van der Waals surface area contributed by atoms with E-state index in [2.05, 4.69) is 12.2 Å². The molecule has 1 fully saturated rings. The molecule has 0 aromatic heterocycles. The normalized spacial score (nSPS) is 17.5. The highest BCUT2D eigenvalue weighted by molar-refractivity contribution is 5.73. The van der Waals surface area contributed by atoms with Gasteiger partial charge in [0.2, 0.25) is 5.91 Å². The summed E-state index contributed by atoms with van der Waals surface area (Å²) in [6, 6.07) is 7.13. The van der Waals surface area contributed by atoms with Gasteiger partial charge < -0.3 is 10.2 Å². The first-order valence-corrected chi connectivity index (χ1v) is 8.28. The summed E-state index contributed by atoms with van der Waals surface area (Å²) in [7, 11) is 0. The Bertz CT molecular complexity index is 466. The number of halogens is 1. The summed E-state index contributed by atoms with van der Waals surface area (Å²) in [4.78, 5) is 13.2. The maximum absolute atomic E-state index is 12.9. The Morgan fingerprint density at radius 1 is 1.32 bits per heavy atom. The average molecular weight is 306 g/mol. The molecule has 0 bridgehead atoms. The first-order valence-electron chi connectivity index (χ1n) is 8.28. The van der Waals surface area contributed by atoms with E-state index >= 15 is 0 Å². The lowest BCUT2D eigenvalue weighted by molar-refractivity contribution is -0.130. The van der Waals surface area contributed by atoms with Crippen molar-refractivity contribution in [1.82, 2.24) is 10.2 Å². The van der Waals surface area contributed by atoms with Gasteiger partial charge in [-0.15, -0.1) is 0 Å². The second-order valence-corrected chi connectivity index (χ2v) is 6.42. The zero-order valence-corrected chi connectivity index (χ0v) is 13.6. The summed E-state index contributed by atoms with van der Waals surface area (Å²) in [6.45, 7) is 6.64. The minimum Gasteiger partial charge on any atom is -0.343 e. The van der Waals surface area contributed by atoms with Crippen molar-refractivity contribution in [2.75, 3.05) is 19.6 Å². The van der Waals surface area contributed by atoms with Crippen LogP contribution in [0.15, 0.2) is 24.3 Å². The number of carbonyl (C=O) groups excluding carboxylic acids is 1. The van der Waals surface area contributed by atoms with Crippen molar-refractivity contribution in [2.24, 2.45) is 5.92 Å². The van der Waals surface area contributed by atoms with Crippen molar-refractivity contribution >= 4 is 5.91 Å². The summed E-state index contributed by atoms with van der Waals surface area (Å²) >= 11 is 0. The van der Waals surface area contributed by atoms with Crippen LogP contribution in [-0.2, 0) is 11.2 Å². The van der Waals surface area contributed by atoms with Gasteiger partial charge in [0.25, 0.3) is 0 Å². The number of carbonyl (C=O) groups is 1. The van der Waals surface area contributed by atoms with Crippen LogP contribution >= 0.6 is 0 Å². The molecule has 122 valence electrons. The molecule has 22 heavy (non-hydrogen) atoms. The van der Waals surface area contributed by atoms with Gasteiger partial charge >= 0.3 is 0 Å². The lowest BCUT2D eigenvalue weighted by atomic mass is 9.93. The number of amides is 1. The molecule has 1 atom stereocenters. The Balaban J connectivity index is 1.62. The highest BCUT2D eigenvalue weighted by atomic mass is 19.1. The fraction of sp³-hybridized carbons (Fsp3) is 0.611. The molecule has 2 rings (SSSR count). The molecule has 1 amide bonds. The molecule has 1 saturated heterocycles. The van der Waals surface area contributed by atoms with Crippen LogP contribution in [0.5, 0.6) is 0 Å². The Kier molecular flexibility index (Phi) is 6.37. The van der Waals surface area contributed by atoms with E-state index in [1.807, 2.05) is 17.0 Å². The third-order valence-electron chi connectivity index (χ3n) is 4.56. The van der Waals surface area contributed by atoms with Crippen LogP contribution in [0.2, 0.25) is 0 Å². The number of rotatable bonds is 6. The molecule has 1 aromatic carbocycles. The zero-order chi connectivity index (χ0) is 15.9. The molecular formula is C18H27FN2O. The van der Waals surface area contributed by atoms with Crippen molar-refractivity contribution in [3.05, 3.63) is 35.6 Å². The van der Waals surface area contributed by atoms with Crippen molar-refractivity contribution in [3.63, 3.8) is 0 Å². The molecule has 3 nitrogen and oxygen atoms in total. The number of likely N-dealkylation sites (tertiary alicyclic amines) is 1. The number of hydrogen-bond acceptors (Lipinski definition) is 2. The number of nitrogens with one attached hydrogen (secondary N) is 1. The predicted molar refractivity (Wildman–Crippen MR) is 87.2 cm³/mol. The number of benzene rings is 1. The quantitative estimate of drug-likeness (QED) is 0.876. The largest absolute Gasteiger partial charge is 0.343 e. The maximum Gasteiger partial charge on any atom is 0.219 e. The van der Waals surface area contributed by atoms with E-state index in [9.17, 15) is 9.18 Å². The van der Waals surface area contributed by atoms with E-state index < -0.39 is 0 Å². The van der Waals surface area contributed by atoms with Crippen LogP contribution in [0.1, 0.15) is 38.7 Å². The number of nitrogens with zero attached hydrogens (tertiary/aromatic N) is 1. The molecule has 0 saturated carbocycles. The van der Waals surface area contributed by atoms with Crippen LogP contribution < -0.4 is 5.32 Å². The second-order valence-electron chi connectivity index (χ2n) is 6.42. The Labute approximate surface area is 132 Å². The molecule has 4 heteroatoms. The van der Waals surface area contributed by atoms with Gasteiger partial charge in [0.1, 0.15) is 5.82 Å². The summed E-state index contributed by atoms with van der Waals surface area (Å²) in [5.74, 6) is 0.742. The van der Waals surface area contributed by atoms with E-state index in [0.717, 1.165) is 50.4 Å². The predicted octanol–water partition coefficient (Wildman–Crippen LogP) is 2.99. The molecular weight excluding hydrogens is 279 g/mol. The Morgan fingerprint density at radius 2 is 1.95 bits per heavy atom. The van der Waals surface area contributed by atoms with Crippen LogP contribution in [0.4, 0.5) is 4.39 Å². The first kappa shape index (κ1) is 16.9. The van der Waals surface area contributed by atoms with Crippen molar-refractivity contribution in [3.8, 4) is 0 Å². The Morgan fingerprint density at radius 3 is 2.55 bits per heavy atom. The van der Waals surface area contributed by atoms with E-state index in [-0.39, 0.29) is 11.7 Å². The zero-order valence-electron chi connectivity index (χ0n) is 13.6. The van der Waals surface area contributed by atoms with Gasteiger partial charge in [0.15, 0.2) is 0 Å². The molecule has 0 radical (unpaired) electrons. The molecule has 0 spiro atoms. The van der Waals surface area contributed by atoms with Gasteiger partial charge in [-0.2, -0.15) is 0 Å². The first-order chi connectivity index (χ1) is 10.5. The summed E-state index contributed by atoms with van der Waals surface area (Å²) < 4.78 is 12.9. The summed E-state index contributed by atoms with van der Waals surface area (Å²) in [5, 5.41) is 3.55. The number of piperidine rings is 1. The van der Waals surface area contributed by atoms with E-state index in [1.165, 1.54) is 18.6 Å². The van der Waals surface area contributed by atoms with Gasteiger partial charge in [0.05, 0.1) is 0 Å². The average Bonchev–Trinajstić information content (AvgIpc) is 2.50. The molecule has 1 N–H and O–H groups in total. The van der Waals surface area contributed by atoms with E-state index in [0.29, 0.717) is 6.04 Å². The fourth-order valence-electron chi connectivity index (χ4n) is 3.12. The van der Waals surface area contributed by atoms with Crippen molar-refractivity contribution in [1.29, 1.82) is 0 Å². The van der Waals surface area contributed by atoms with Crippen molar-refractivity contribution in [2.45, 2.75) is 45.6 Å². The lowest BCUT2D eigenvalue weighted by Crippen LogP contribution is -2.38. The Hall–Kier alpha value is -1.42. The highest BCUT2D eigenvalue weighted by Gasteiger charge is 2.20. The topological polar surface area (TPSA) is 32.3 Å². The third kappa shape index (κ3) is 5.41. The highest BCUT2D eigenvalue weighted by Crippen LogP contribution is 2.20. The van der Waals surface area contributed by atoms with Gasteiger partial charge in [-0.05, 0) is 62.8 Å². The van der Waals surface area contributed by atoms with Gasteiger partial charge in [-0.25, -0.2) is 4.39 Å². The summed E-state index contributed by atoms with van der Waals surface area (Å²) in [6.07, 6.45) is 4.32. The third-order valence-corrected chi connectivity index (χ3v) is 4.56. The van der Waals surface area contributed by atoms with E-state index in [1.54, 1.807) is 6.92 Å². The van der Waals surface area contributed by atoms with Crippen LogP contribution in [0.25, 0.3) is 0 Å². The van der Waals surface area contributed by atoms with Crippen LogP contribution in [0, 0.1) is 11.7 Å². The number of hydrogen-bond donors (Lipinski definition) is 1. The van der Waals surface area contributed by atoms with Crippen molar-refractivity contribution < 1.29 is 9.18 Å². The minimum absolute atomic E-state index is 0.179. The van der Waals surface area contributed by atoms with Gasteiger partial charge in [-0.3, -0.25) is 4.79 Å². The summed E-state index contributed by atoms with van der Waals surface area (Å²) in [5.41, 5.74) is 1.16. The minimum atomic E-state index is -0.179. The van der Waals surface area contributed by atoms with Gasteiger partial charge in [0, 0.05) is 26.1 Å². The molecule has 0 aliphatic carbocycles. The monoisotopic (exact) mass is 306 g/mol. The molecule has 0 unspecified atom stereocenters. The van der Waals surface area contributed by atoms with E-state index in [4.69, 9.17) is 0 Å². The SMILES string of the molecule is CC(=O)N1CCC(CCN[C@@H](C)Cc2ccc(F)cc2)CC1. The van der Waals surface area contributed by atoms with Gasteiger partial charge in [-0.1, -0.05) is 12.1 Å². The molecule has 1 aliphatic heterocycles. The fourth-order valence-corrected chi connectivity index (χ4v) is 3.12.